The van der Waals surface area contributed by atoms with Gasteiger partial charge in [-0.1, -0.05) is 30.3 Å². The average molecular weight is 328 g/mol. The standard InChI is InChI=1S/C17H13FN2O2S/c1-22-14-9-5-2-6-11(14)10-15-16(21)20-17(23-15)19-13-8-4-3-7-12(13)18/h2-10H,1H3,(H,19,20,21)/b15-10-. The van der Waals surface area contributed by atoms with Crippen LogP contribution in [0, 0.1) is 5.82 Å². The summed E-state index contributed by atoms with van der Waals surface area (Å²) in [6.45, 7) is 0. The maximum Gasteiger partial charge on any atom is 0.264 e. The van der Waals surface area contributed by atoms with Crippen LogP contribution in [0.1, 0.15) is 5.56 Å². The van der Waals surface area contributed by atoms with Crippen LogP contribution in [0.25, 0.3) is 6.08 Å². The number of nitrogens with zero attached hydrogens (tertiary/aromatic N) is 1. The van der Waals surface area contributed by atoms with Crippen LogP contribution in [0.4, 0.5) is 10.1 Å². The molecule has 1 heterocycles. The Kier molecular flexibility index (Phi) is 4.43. The molecule has 3 rings (SSSR count). The van der Waals surface area contributed by atoms with Crippen LogP contribution in [0.2, 0.25) is 0 Å². The van der Waals surface area contributed by atoms with Crippen LogP contribution in [-0.4, -0.2) is 18.2 Å². The third-order valence-electron chi connectivity index (χ3n) is 3.15. The fraction of sp³-hybridized carbons (Fsp3) is 0.0588. The molecule has 1 saturated heterocycles. The van der Waals surface area contributed by atoms with Gasteiger partial charge in [-0.25, -0.2) is 9.38 Å². The summed E-state index contributed by atoms with van der Waals surface area (Å²) in [7, 11) is 1.57. The van der Waals surface area contributed by atoms with Gasteiger partial charge in [-0.3, -0.25) is 4.79 Å². The van der Waals surface area contributed by atoms with Gasteiger partial charge in [-0.05, 0) is 36.0 Å². The van der Waals surface area contributed by atoms with Crippen molar-refractivity contribution >= 4 is 34.6 Å². The van der Waals surface area contributed by atoms with Gasteiger partial charge < -0.3 is 10.1 Å². The summed E-state index contributed by atoms with van der Waals surface area (Å²) in [5, 5.41) is 2.98. The lowest BCUT2D eigenvalue weighted by molar-refractivity contribution is -0.115. The van der Waals surface area contributed by atoms with Crippen molar-refractivity contribution in [3.63, 3.8) is 0 Å². The second-order valence-electron chi connectivity index (χ2n) is 4.68. The number of aliphatic imine (C=N–C) groups is 1. The van der Waals surface area contributed by atoms with Gasteiger partial charge >= 0.3 is 0 Å². The van der Waals surface area contributed by atoms with E-state index in [4.69, 9.17) is 4.74 Å². The first-order valence-electron chi connectivity index (χ1n) is 6.84. The molecule has 0 unspecified atom stereocenters. The van der Waals surface area contributed by atoms with Gasteiger partial charge in [0.15, 0.2) is 5.17 Å². The Hall–Kier alpha value is -2.60. The second kappa shape index (κ2) is 6.66. The minimum atomic E-state index is -0.433. The van der Waals surface area contributed by atoms with E-state index in [1.165, 1.54) is 6.07 Å². The highest BCUT2D eigenvalue weighted by Gasteiger charge is 2.24. The highest BCUT2D eigenvalue weighted by atomic mass is 32.2. The van der Waals surface area contributed by atoms with Crippen LogP contribution >= 0.6 is 11.8 Å². The van der Waals surface area contributed by atoms with E-state index in [9.17, 15) is 9.18 Å². The number of hydrogen-bond donors (Lipinski definition) is 1. The normalized spacial score (nSPS) is 17.6. The number of amidine groups is 1. The molecular weight excluding hydrogens is 315 g/mol. The molecule has 0 atom stereocenters. The first-order chi connectivity index (χ1) is 11.2. The summed E-state index contributed by atoms with van der Waals surface area (Å²) in [6.07, 6.45) is 1.72. The Labute approximate surface area is 137 Å². The summed E-state index contributed by atoms with van der Waals surface area (Å²) < 4.78 is 18.9. The number of nitrogens with one attached hydrogen (secondary N) is 1. The van der Waals surface area contributed by atoms with E-state index in [0.717, 1.165) is 17.3 Å². The van der Waals surface area contributed by atoms with Crippen LogP contribution in [0.5, 0.6) is 5.75 Å². The van der Waals surface area contributed by atoms with Gasteiger partial charge in [0.25, 0.3) is 5.91 Å². The molecule has 0 radical (unpaired) electrons. The summed E-state index contributed by atoms with van der Waals surface area (Å²) in [5.74, 6) is -0.0269. The number of para-hydroxylation sites is 2. The van der Waals surface area contributed by atoms with E-state index in [1.807, 2.05) is 24.3 Å². The Morgan fingerprint density at radius 2 is 1.91 bits per heavy atom. The number of halogens is 1. The maximum absolute atomic E-state index is 13.6. The summed E-state index contributed by atoms with van der Waals surface area (Å²) in [4.78, 5) is 16.7. The third kappa shape index (κ3) is 3.43. The van der Waals surface area contributed by atoms with Crippen molar-refractivity contribution in [2.75, 3.05) is 7.11 Å². The van der Waals surface area contributed by atoms with Gasteiger partial charge in [0, 0.05) is 5.56 Å². The zero-order chi connectivity index (χ0) is 16.2. The maximum atomic E-state index is 13.6. The predicted molar refractivity (Wildman–Crippen MR) is 90.2 cm³/mol. The molecule has 2 aromatic rings. The third-order valence-corrected chi connectivity index (χ3v) is 4.06. The molecule has 1 aliphatic heterocycles. The van der Waals surface area contributed by atoms with Gasteiger partial charge in [0.1, 0.15) is 17.3 Å². The first-order valence-corrected chi connectivity index (χ1v) is 7.66. The smallest absolute Gasteiger partial charge is 0.264 e. The molecule has 1 amide bonds. The molecule has 0 aromatic heterocycles. The highest BCUT2D eigenvalue weighted by molar-refractivity contribution is 8.18. The molecule has 6 heteroatoms. The van der Waals surface area contributed by atoms with Crippen molar-refractivity contribution < 1.29 is 13.9 Å². The lowest BCUT2D eigenvalue weighted by atomic mass is 10.2. The molecule has 4 nitrogen and oxygen atoms in total. The number of carbonyl (C=O) groups excluding carboxylic acids is 1. The Balaban J connectivity index is 1.88. The van der Waals surface area contributed by atoms with Gasteiger partial charge in [0.2, 0.25) is 0 Å². The average Bonchev–Trinajstić information content (AvgIpc) is 2.90. The zero-order valence-electron chi connectivity index (χ0n) is 12.2. The van der Waals surface area contributed by atoms with Crippen molar-refractivity contribution in [2.24, 2.45) is 4.99 Å². The Morgan fingerprint density at radius 1 is 1.17 bits per heavy atom. The number of hydrogen-bond acceptors (Lipinski definition) is 4. The molecule has 116 valence electrons. The van der Waals surface area contributed by atoms with E-state index < -0.39 is 5.82 Å². The monoisotopic (exact) mass is 328 g/mol. The van der Waals surface area contributed by atoms with Crippen molar-refractivity contribution in [1.29, 1.82) is 0 Å². The number of carbonyl (C=O) groups is 1. The van der Waals surface area contributed by atoms with Crippen LogP contribution < -0.4 is 10.1 Å². The second-order valence-corrected chi connectivity index (χ2v) is 5.71. The lowest BCUT2D eigenvalue weighted by Gasteiger charge is -2.03. The molecule has 2 aromatic carbocycles. The Bertz CT molecular complexity index is 818. The van der Waals surface area contributed by atoms with Crippen molar-refractivity contribution in [2.45, 2.75) is 0 Å². The summed E-state index contributed by atoms with van der Waals surface area (Å²) in [6, 6.07) is 13.5. The molecule has 1 aliphatic rings. The molecule has 0 bridgehead atoms. The zero-order valence-corrected chi connectivity index (χ0v) is 13.1. The molecule has 23 heavy (non-hydrogen) atoms. The first kappa shape index (κ1) is 15.3. The van der Waals surface area contributed by atoms with Crippen LogP contribution in [-0.2, 0) is 4.79 Å². The van der Waals surface area contributed by atoms with E-state index in [2.05, 4.69) is 10.3 Å². The van der Waals surface area contributed by atoms with E-state index >= 15 is 0 Å². The minimum absolute atomic E-state index is 0.189. The molecule has 1 N–H and O–H groups in total. The number of ether oxygens (including phenoxy) is 1. The largest absolute Gasteiger partial charge is 0.496 e. The number of benzene rings is 2. The van der Waals surface area contributed by atoms with Crippen molar-refractivity contribution in [3.05, 3.63) is 64.8 Å². The highest BCUT2D eigenvalue weighted by Crippen LogP contribution is 2.30. The predicted octanol–water partition coefficient (Wildman–Crippen LogP) is 3.73. The number of rotatable bonds is 3. The molecule has 0 saturated carbocycles. The lowest BCUT2D eigenvalue weighted by Crippen LogP contribution is -2.19. The SMILES string of the molecule is COc1ccccc1/C=C1\SC(=Nc2ccccc2F)NC1=O. The van der Waals surface area contributed by atoms with E-state index in [0.29, 0.717) is 15.8 Å². The molecule has 1 fully saturated rings. The minimum Gasteiger partial charge on any atom is -0.496 e. The topological polar surface area (TPSA) is 50.7 Å². The fourth-order valence-electron chi connectivity index (χ4n) is 2.06. The fourth-order valence-corrected chi connectivity index (χ4v) is 2.88. The molecular formula is C17H13FN2O2S. The van der Waals surface area contributed by atoms with Gasteiger partial charge in [0.05, 0.1) is 12.0 Å². The van der Waals surface area contributed by atoms with E-state index in [1.54, 1.807) is 31.4 Å². The number of thioether (sulfide) groups is 1. The summed E-state index contributed by atoms with van der Waals surface area (Å²) in [5.41, 5.74) is 0.980. The molecule has 0 spiro atoms. The summed E-state index contributed by atoms with van der Waals surface area (Å²) >= 11 is 1.16. The molecule has 0 aliphatic carbocycles. The van der Waals surface area contributed by atoms with Crippen molar-refractivity contribution in [1.82, 2.24) is 5.32 Å². The van der Waals surface area contributed by atoms with E-state index in [-0.39, 0.29) is 11.6 Å². The quantitative estimate of drug-likeness (QED) is 0.874. The van der Waals surface area contributed by atoms with Gasteiger partial charge in [-0.15, -0.1) is 0 Å². The van der Waals surface area contributed by atoms with Gasteiger partial charge in [-0.2, -0.15) is 0 Å². The number of amides is 1. The van der Waals surface area contributed by atoms with Crippen molar-refractivity contribution in [3.8, 4) is 5.75 Å². The Morgan fingerprint density at radius 3 is 2.70 bits per heavy atom. The van der Waals surface area contributed by atoms with Crippen LogP contribution in [0.3, 0.4) is 0 Å². The van der Waals surface area contributed by atoms with Crippen LogP contribution in [0.15, 0.2) is 58.4 Å². The number of methoxy groups -OCH3 is 1.